The fourth-order valence-corrected chi connectivity index (χ4v) is 1.43. The normalized spacial score (nSPS) is 26.3. The molecule has 1 aliphatic heterocycles. The molecule has 1 aliphatic rings. The van der Waals surface area contributed by atoms with Crippen LogP contribution in [-0.4, -0.2) is 5.97 Å². The van der Waals surface area contributed by atoms with E-state index in [0.717, 1.165) is 0 Å². The van der Waals surface area contributed by atoms with E-state index >= 15 is 0 Å². The summed E-state index contributed by atoms with van der Waals surface area (Å²) in [4.78, 5) is 11.2. The lowest BCUT2D eigenvalue weighted by atomic mass is 9.92. The summed E-state index contributed by atoms with van der Waals surface area (Å²) in [5.74, 6) is 0.697. The van der Waals surface area contributed by atoms with Crippen LogP contribution in [0, 0.1) is 11.8 Å². The van der Waals surface area contributed by atoms with Crippen molar-refractivity contribution in [1.29, 1.82) is 0 Å². The molecule has 1 heterocycles. The third-order valence-electron chi connectivity index (χ3n) is 2.13. The van der Waals surface area contributed by atoms with Gasteiger partial charge < -0.3 is 4.74 Å². The molecule has 1 saturated heterocycles. The molecule has 0 aromatic heterocycles. The second-order valence-electron chi connectivity index (χ2n) is 3.16. The molecule has 1 fully saturated rings. The number of allylic oxidation sites excluding steroid dienone is 3. The molecule has 0 bridgehead atoms. The van der Waals surface area contributed by atoms with Crippen LogP contribution in [0.4, 0.5) is 0 Å². The lowest BCUT2D eigenvalue weighted by Crippen LogP contribution is -2.14. The number of hydrogen-bond donors (Lipinski definition) is 0. The zero-order valence-corrected chi connectivity index (χ0v) is 7.54. The lowest BCUT2D eigenvalue weighted by molar-refractivity contribution is -0.139. The minimum Gasteiger partial charge on any atom is -0.431 e. The SMILES string of the molecule is C=C1CC(C(C)/C=C/C)C(=O)O1. The quantitative estimate of drug-likeness (QED) is 0.464. The van der Waals surface area contributed by atoms with E-state index in [2.05, 4.69) is 6.58 Å². The summed E-state index contributed by atoms with van der Waals surface area (Å²) in [5.41, 5.74) is 0. The molecule has 0 aromatic rings. The van der Waals surface area contributed by atoms with Gasteiger partial charge in [0.15, 0.2) is 0 Å². The average molecular weight is 166 g/mol. The third-order valence-corrected chi connectivity index (χ3v) is 2.13. The molecule has 66 valence electrons. The molecule has 2 atom stereocenters. The van der Waals surface area contributed by atoms with Crippen LogP contribution in [0.1, 0.15) is 20.3 Å². The van der Waals surface area contributed by atoms with Crippen LogP contribution in [0.3, 0.4) is 0 Å². The minimum atomic E-state index is -0.134. The Morgan fingerprint density at radius 2 is 2.42 bits per heavy atom. The summed E-state index contributed by atoms with van der Waals surface area (Å²) >= 11 is 0. The number of carbonyl (C=O) groups excluding carboxylic acids is 1. The molecule has 0 saturated carbocycles. The van der Waals surface area contributed by atoms with Crippen molar-refractivity contribution in [1.82, 2.24) is 0 Å². The number of ether oxygens (including phenoxy) is 1. The van der Waals surface area contributed by atoms with E-state index in [1.165, 1.54) is 0 Å². The highest BCUT2D eigenvalue weighted by molar-refractivity contribution is 5.77. The monoisotopic (exact) mass is 166 g/mol. The van der Waals surface area contributed by atoms with Crippen LogP contribution in [0.25, 0.3) is 0 Å². The largest absolute Gasteiger partial charge is 0.431 e. The fourth-order valence-electron chi connectivity index (χ4n) is 1.43. The van der Waals surface area contributed by atoms with Crippen LogP contribution in [-0.2, 0) is 9.53 Å². The zero-order valence-electron chi connectivity index (χ0n) is 7.54. The minimum absolute atomic E-state index is 0.0197. The van der Waals surface area contributed by atoms with E-state index in [0.29, 0.717) is 12.2 Å². The summed E-state index contributed by atoms with van der Waals surface area (Å²) in [7, 11) is 0. The van der Waals surface area contributed by atoms with Crippen LogP contribution < -0.4 is 0 Å². The molecule has 2 unspecified atom stereocenters. The van der Waals surface area contributed by atoms with Gasteiger partial charge in [-0.25, -0.2) is 0 Å². The van der Waals surface area contributed by atoms with E-state index in [9.17, 15) is 4.79 Å². The second kappa shape index (κ2) is 3.57. The van der Waals surface area contributed by atoms with Crippen LogP contribution in [0.2, 0.25) is 0 Å². The molecule has 0 aromatic carbocycles. The summed E-state index contributed by atoms with van der Waals surface area (Å²) in [6, 6.07) is 0. The number of hydrogen-bond acceptors (Lipinski definition) is 2. The molecule has 0 spiro atoms. The van der Waals surface area contributed by atoms with Gasteiger partial charge >= 0.3 is 5.97 Å². The van der Waals surface area contributed by atoms with Crippen molar-refractivity contribution < 1.29 is 9.53 Å². The Hall–Kier alpha value is -1.05. The highest BCUT2D eigenvalue weighted by Crippen LogP contribution is 2.29. The van der Waals surface area contributed by atoms with Gasteiger partial charge in [0.1, 0.15) is 5.76 Å². The van der Waals surface area contributed by atoms with Crippen molar-refractivity contribution in [2.24, 2.45) is 11.8 Å². The molecule has 0 N–H and O–H groups in total. The molecular formula is C10H14O2. The first kappa shape index (κ1) is 9.04. The lowest BCUT2D eigenvalue weighted by Gasteiger charge is -2.09. The predicted molar refractivity (Wildman–Crippen MR) is 47.3 cm³/mol. The predicted octanol–water partition coefficient (Wildman–Crippen LogP) is 2.28. The topological polar surface area (TPSA) is 26.3 Å². The smallest absolute Gasteiger partial charge is 0.315 e. The van der Waals surface area contributed by atoms with Gasteiger partial charge in [-0.05, 0) is 12.8 Å². The van der Waals surface area contributed by atoms with Crippen molar-refractivity contribution in [2.75, 3.05) is 0 Å². The highest BCUT2D eigenvalue weighted by atomic mass is 16.5. The zero-order chi connectivity index (χ0) is 9.14. The number of rotatable bonds is 2. The maximum Gasteiger partial charge on any atom is 0.315 e. The Morgan fingerprint density at radius 1 is 1.75 bits per heavy atom. The Bertz CT molecular complexity index is 228. The van der Waals surface area contributed by atoms with E-state index < -0.39 is 0 Å². The van der Waals surface area contributed by atoms with Crippen LogP contribution in [0.5, 0.6) is 0 Å². The molecule has 2 nitrogen and oxygen atoms in total. The molecule has 2 heteroatoms. The first-order valence-electron chi connectivity index (χ1n) is 4.17. The van der Waals surface area contributed by atoms with Crippen molar-refractivity contribution in [3.63, 3.8) is 0 Å². The van der Waals surface area contributed by atoms with Crippen LogP contribution in [0.15, 0.2) is 24.5 Å². The second-order valence-corrected chi connectivity index (χ2v) is 3.16. The molecule has 1 rings (SSSR count). The molecule has 0 amide bonds. The van der Waals surface area contributed by atoms with Gasteiger partial charge in [-0.2, -0.15) is 0 Å². The summed E-state index contributed by atoms with van der Waals surface area (Å²) in [5, 5.41) is 0. The fraction of sp³-hybridized carbons (Fsp3) is 0.500. The van der Waals surface area contributed by atoms with E-state index in [1.54, 1.807) is 0 Å². The first-order chi connectivity index (χ1) is 5.65. The summed E-state index contributed by atoms with van der Waals surface area (Å²) < 4.78 is 4.87. The number of carbonyl (C=O) groups is 1. The van der Waals surface area contributed by atoms with Crippen LogP contribution >= 0.6 is 0 Å². The summed E-state index contributed by atoms with van der Waals surface area (Å²) in [6.45, 7) is 7.60. The van der Waals surface area contributed by atoms with Gasteiger partial charge in [0.05, 0.1) is 5.92 Å². The summed E-state index contributed by atoms with van der Waals surface area (Å²) in [6.07, 6.45) is 4.65. The Labute approximate surface area is 72.9 Å². The Balaban J connectivity index is 2.63. The van der Waals surface area contributed by atoms with Gasteiger partial charge in [-0.15, -0.1) is 0 Å². The van der Waals surface area contributed by atoms with Gasteiger partial charge in [-0.3, -0.25) is 4.79 Å². The van der Waals surface area contributed by atoms with Gasteiger partial charge in [0, 0.05) is 6.42 Å². The number of esters is 1. The Morgan fingerprint density at radius 3 is 2.83 bits per heavy atom. The van der Waals surface area contributed by atoms with E-state index in [-0.39, 0.29) is 17.8 Å². The Kier molecular flexibility index (Phi) is 2.69. The van der Waals surface area contributed by atoms with Gasteiger partial charge in [0.25, 0.3) is 0 Å². The van der Waals surface area contributed by atoms with Gasteiger partial charge in [0.2, 0.25) is 0 Å². The van der Waals surface area contributed by atoms with Crippen molar-refractivity contribution in [3.05, 3.63) is 24.5 Å². The maximum absolute atomic E-state index is 11.2. The molecule has 0 aliphatic carbocycles. The van der Waals surface area contributed by atoms with Gasteiger partial charge in [-0.1, -0.05) is 25.7 Å². The average Bonchev–Trinajstić information content (AvgIpc) is 2.30. The standard InChI is InChI=1S/C10H14O2/c1-4-5-7(2)9-6-8(3)12-10(9)11/h4-5,7,9H,3,6H2,1-2H3/b5-4+. The molecule has 12 heavy (non-hydrogen) atoms. The molecular weight excluding hydrogens is 152 g/mol. The van der Waals surface area contributed by atoms with E-state index in [1.807, 2.05) is 26.0 Å². The maximum atomic E-state index is 11.2. The number of cyclic esters (lactones) is 1. The van der Waals surface area contributed by atoms with Crippen molar-refractivity contribution in [2.45, 2.75) is 20.3 Å². The highest BCUT2D eigenvalue weighted by Gasteiger charge is 2.32. The first-order valence-corrected chi connectivity index (χ1v) is 4.17. The van der Waals surface area contributed by atoms with Crippen molar-refractivity contribution in [3.8, 4) is 0 Å². The third kappa shape index (κ3) is 1.76. The van der Waals surface area contributed by atoms with Crippen molar-refractivity contribution >= 4 is 5.97 Å². The molecule has 0 radical (unpaired) electrons. The van der Waals surface area contributed by atoms with E-state index in [4.69, 9.17) is 4.74 Å².